The van der Waals surface area contributed by atoms with E-state index in [0.717, 1.165) is 18.0 Å². The minimum absolute atomic E-state index is 0.189. The Morgan fingerprint density at radius 1 is 1.64 bits per heavy atom. The molecule has 78 valence electrons. The van der Waals surface area contributed by atoms with Crippen LogP contribution in [0.3, 0.4) is 0 Å². The number of hydrogen-bond acceptors (Lipinski definition) is 2. The van der Waals surface area contributed by atoms with E-state index in [1.54, 1.807) is 0 Å². The van der Waals surface area contributed by atoms with Crippen molar-refractivity contribution in [3.63, 3.8) is 0 Å². The molecule has 2 rings (SSSR count). The number of aryl methyl sites for hydroxylation is 2. The van der Waals surface area contributed by atoms with E-state index in [0.29, 0.717) is 0 Å². The SMILES string of the molecule is Cc1nn(C)cc1C(N)CC1CCC1. The molecule has 0 radical (unpaired) electrons. The molecule has 0 amide bonds. The number of hydrogen-bond donors (Lipinski definition) is 1. The summed E-state index contributed by atoms with van der Waals surface area (Å²) in [5.41, 5.74) is 8.47. The van der Waals surface area contributed by atoms with E-state index in [1.807, 2.05) is 18.7 Å². The van der Waals surface area contributed by atoms with Gasteiger partial charge in [0.2, 0.25) is 0 Å². The number of nitrogens with zero attached hydrogens (tertiary/aromatic N) is 2. The van der Waals surface area contributed by atoms with Gasteiger partial charge >= 0.3 is 0 Å². The fraction of sp³-hybridized carbons (Fsp3) is 0.727. The van der Waals surface area contributed by atoms with Crippen LogP contribution in [0.4, 0.5) is 0 Å². The molecule has 14 heavy (non-hydrogen) atoms. The monoisotopic (exact) mass is 193 g/mol. The molecule has 1 aromatic rings. The lowest BCUT2D eigenvalue weighted by molar-refractivity contribution is 0.277. The molecule has 0 bridgehead atoms. The van der Waals surface area contributed by atoms with Crippen molar-refractivity contribution in [3.8, 4) is 0 Å². The molecule has 0 aliphatic heterocycles. The third-order valence-electron chi connectivity index (χ3n) is 3.26. The van der Waals surface area contributed by atoms with Crippen molar-refractivity contribution >= 4 is 0 Å². The first-order valence-corrected chi connectivity index (χ1v) is 5.42. The second kappa shape index (κ2) is 3.73. The number of aromatic nitrogens is 2. The average Bonchev–Trinajstić information content (AvgIpc) is 2.37. The predicted molar refractivity (Wildman–Crippen MR) is 56.8 cm³/mol. The Morgan fingerprint density at radius 3 is 2.79 bits per heavy atom. The van der Waals surface area contributed by atoms with E-state index in [-0.39, 0.29) is 6.04 Å². The summed E-state index contributed by atoms with van der Waals surface area (Å²) < 4.78 is 1.85. The van der Waals surface area contributed by atoms with Gasteiger partial charge in [-0.1, -0.05) is 19.3 Å². The van der Waals surface area contributed by atoms with Crippen LogP contribution in [-0.2, 0) is 7.05 Å². The normalized spacial score (nSPS) is 19.4. The van der Waals surface area contributed by atoms with Gasteiger partial charge in [0.25, 0.3) is 0 Å². The van der Waals surface area contributed by atoms with E-state index in [1.165, 1.54) is 24.8 Å². The Bertz CT molecular complexity index is 312. The Morgan fingerprint density at radius 2 is 2.36 bits per heavy atom. The van der Waals surface area contributed by atoms with Gasteiger partial charge in [0.15, 0.2) is 0 Å². The fourth-order valence-electron chi connectivity index (χ4n) is 2.20. The highest BCUT2D eigenvalue weighted by Crippen LogP contribution is 2.34. The summed E-state index contributed by atoms with van der Waals surface area (Å²) in [6.45, 7) is 2.04. The van der Waals surface area contributed by atoms with Crippen molar-refractivity contribution in [2.45, 2.75) is 38.6 Å². The van der Waals surface area contributed by atoms with Crippen molar-refractivity contribution in [3.05, 3.63) is 17.5 Å². The molecule has 1 fully saturated rings. The largest absolute Gasteiger partial charge is 0.324 e. The first-order chi connectivity index (χ1) is 6.66. The zero-order valence-electron chi connectivity index (χ0n) is 9.03. The molecule has 1 aromatic heterocycles. The third kappa shape index (κ3) is 1.82. The van der Waals surface area contributed by atoms with Gasteiger partial charge in [-0.25, -0.2) is 0 Å². The molecule has 1 heterocycles. The minimum Gasteiger partial charge on any atom is -0.324 e. The first-order valence-electron chi connectivity index (χ1n) is 5.42. The Hall–Kier alpha value is -0.830. The highest BCUT2D eigenvalue weighted by atomic mass is 15.2. The number of nitrogens with two attached hydrogens (primary N) is 1. The molecule has 1 atom stereocenters. The van der Waals surface area contributed by atoms with E-state index in [4.69, 9.17) is 5.73 Å². The molecule has 1 aliphatic rings. The molecule has 1 aliphatic carbocycles. The van der Waals surface area contributed by atoms with Crippen LogP contribution in [0.2, 0.25) is 0 Å². The summed E-state index contributed by atoms with van der Waals surface area (Å²) in [5, 5.41) is 4.32. The van der Waals surface area contributed by atoms with Gasteiger partial charge in [0, 0.05) is 24.8 Å². The van der Waals surface area contributed by atoms with Crippen molar-refractivity contribution in [2.75, 3.05) is 0 Å². The standard InChI is InChI=1S/C11H19N3/c1-8-10(7-14(2)13-8)11(12)6-9-4-3-5-9/h7,9,11H,3-6,12H2,1-2H3. The molecule has 0 saturated heterocycles. The summed E-state index contributed by atoms with van der Waals surface area (Å²) in [7, 11) is 1.95. The molecular formula is C11H19N3. The lowest BCUT2D eigenvalue weighted by atomic mass is 9.80. The second-order valence-electron chi connectivity index (χ2n) is 4.48. The molecule has 2 N–H and O–H groups in total. The molecule has 0 spiro atoms. The predicted octanol–water partition coefficient (Wildman–Crippen LogP) is 1.92. The van der Waals surface area contributed by atoms with Crippen LogP contribution in [-0.4, -0.2) is 9.78 Å². The van der Waals surface area contributed by atoms with Gasteiger partial charge in [0.05, 0.1) is 5.69 Å². The summed E-state index contributed by atoms with van der Waals surface area (Å²) in [6.07, 6.45) is 7.31. The van der Waals surface area contributed by atoms with Gasteiger partial charge in [-0.05, 0) is 19.3 Å². The van der Waals surface area contributed by atoms with E-state index in [2.05, 4.69) is 11.3 Å². The van der Waals surface area contributed by atoms with Crippen LogP contribution in [0.25, 0.3) is 0 Å². The van der Waals surface area contributed by atoms with Crippen LogP contribution >= 0.6 is 0 Å². The molecule has 0 aromatic carbocycles. The minimum atomic E-state index is 0.189. The summed E-state index contributed by atoms with van der Waals surface area (Å²) >= 11 is 0. The maximum absolute atomic E-state index is 6.17. The number of rotatable bonds is 3. The Kier molecular flexibility index (Phi) is 2.59. The van der Waals surface area contributed by atoms with Crippen molar-refractivity contribution in [1.29, 1.82) is 0 Å². The summed E-state index contributed by atoms with van der Waals surface area (Å²) in [5.74, 6) is 0.865. The van der Waals surface area contributed by atoms with Crippen molar-refractivity contribution in [2.24, 2.45) is 18.7 Å². The third-order valence-corrected chi connectivity index (χ3v) is 3.26. The Balaban J connectivity index is 2.02. The van der Waals surface area contributed by atoms with E-state index in [9.17, 15) is 0 Å². The van der Waals surface area contributed by atoms with Crippen LogP contribution in [0.5, 0.6) is 0 Å². The highest BCUT2D eigenvalue weighted by Gasteiger charge is 2.22. The van der Waals surface area contributed by atoms with Gasteiger partial charge in [-0.3, -0.25) is 4.68 Å². The lowest BCUT2D eigenvalue weighted by Gasteiger charge is -2.27. The highest BCUT2D eigenvalue weighted by molar-refractivity contribution is 5.19. The van der Waals surface area contributed by atoms with Gasteiger partial charge in [0.1, 0.15) is 0 Å². The van der Waals surface area contributed by atoms with Crippen molar-refractivity contribution < 1.29 is 0 Å². The molecule has 1 unspecified atom stereocenters. The maximum atomic E-state index is 6.17. The van der Waals surface area contributed by atoms with E-state index < -0.39 is 0 Å². The lowest BCUT2D eigenvalue weighted by Crippen LogP contribution is -2.20. The van der Waals surface area contributed by atoms with Gasteiger partial charge in [-0.2, -0.15) is 5.10 Å². The smallest absolute Gasteiger partial charge is 0.0641 e. The second-order valence-corrected chi connectivity index (χ2v) is 4.48. The van der Waals surface area contributed by atoms with Gasteiger partial charge in [-0.15, -0.1) is 0 Å². The van der Waals surface area contributed by atoms with Crippen LogP contribution < -0.4 is 5.73 Å². The maximum Gasteiger partial charge on any atom is 0.0641 e. The Labute approximate surface area is 85.3 Å². The summed E-state index contributed by atoms with van der Waals surface area (Å²) in [6, 6.07) is 0.189. The van der Waals surface area contributed by atoms with Crippen LogP contribution in [0, 0.1) is 12.8 Å². The zero-order valence-corrected chi connectivity index (χ0v) is 9.03. The summed E-state index contributed by atoms with van der Waals surface area (Å²) in [4.78, 5) is 0. The quantitative estimate of drug-likeness (QED) is 0.797. The molecule has 3 nitrogen and oxygen atoms in total. The van der Waals surface area contributed by atoms with Gasteiger partial charge < -0.3 is 5.73 Å². The van der Waals surface area contributed by atoms with Crippen LogP contribution in [0.1, 0.15) is 43.0 Å². The van der Waals surface area contributed by atoms with Crippen molar-refractivity contribution in [1.82, 2.24) is 9.78 Å². The molecule has 3 heteroatoms. The fourth-order valence-corrected chi connectivity index (χ4v) is 2.20. The average molecular weight is 193 g/mol. The topological polar surface area (TPSA) is 43.8 Å². The molecule has 1 saturated carbocycles. The molecular weight excluding hydrogens is 174 g/mol. The van der Waals surface area contributed by atoms with Crippen LogP contribution in [0.15, 0.2) is 6.20 Å². The first kappa shape index (κ1) is 9.71. The van der Waals surface area contributed by atoms with E-state index >= 15 is 0 Å². The zero-order chi connectivity index (χ0) is 10.1.